The number of hydrogen-bond donors (Lipinski definition) is 3. The molecular weight excluding hydrogens is 270 g/mol. The van der Waals surface area contributed by atoms with E-state index in [0.29, 0.717) is 24.8 Å². The lowest BCUT2D eigenvalue weighted by Gasteiger charge is -2.14. The van der Waals surface area contributed by atoms with E-state index in [9.17, 15) is 0 Å². The molecule has 1 heterocycles. The van der Waals surface area contributed by atoms with E-state index in [4.69, 9.17) is 15.3 Å². The van der Waals surface area contributed by atoms with Gasteiger partial charge in [-0.3, -0.25) is 0 Å². The third-order valence-electron chi connectivity index (χ3n) is 2.64. The van der Waals surface area contributed by atoms with Gasteiger partial charge in [-0.1, -0.05) is 0 Å². The summed E-state index contributed by atoms with van der Waals surface area (Å²) in [7, 11) is 0. The SMILES string of the molecule is CCOc1ccc(OCC)c(Nc2cc(NN)ncn2)c1. The molecule has 0 radical (unpaired) electrons. The summed E-state index contributed by atoms with van der Waals surface area (Å²) in [5, 5.41) is 3.18. The molecule has 0 atom stereocenters. The predicted octanol–water partition coefficient (Wildman–Crippen LogP) is 2.30. The molecule has 1 aromatic carbocycles. The van der Waals surface area contributed by atoms with Crippen LogP contribution < -0.4 is 26.1 Å². The summed E-state index contributed by atoms with van der Waals surface area (Å²) in [5.74, 6) is 7.95. The van der Waals surface area contributed by atoms with Crippen molar-refractivity contribution in [2.45, 2.75) is 13.8 Å². The minimum absolute atomic E-state index is 0.520. The first-order valence-corrected chi connectivity index (χ1v) is 6.72. The number of nitrogen functional groups attached to an aromatic ring is 1. The van der Waals surface area contributed by atoms with Gasteiger partial charge >= 0.3 is 0 Å². The molecule has 112 valence electrons. The van der Waals surface area contributed by atoms with Crippen LogP contribution in [0.25, 0.3) is 0 Å². The van der Waals surface area contributed by atoms with E-state index in [1.165, 1.54) is 6.33 Å². The molecule has 0 amide bonds. The van der Waals surface area contributed by atoms with Crippen molar-refractivity contribution in [2.24, 2.45) is 5.84 Å². The minimum Gasteiger partial charge on any atom is -0.494 e. The third kappa shape index (κ3) is 3.96. The van der Waals surface area contributed by atoms with Gasteiger partial charge in [0.25, 0.3) is 0 Å². The summed E-state index contributed by atoms with van der Waals surface area (Å²) in [6.07, 6.45) is 1.42. The zero-order chi connectivity index (χ0) is 15.1. The second kappa shape index (κ2) is 7.30. The van der Waals surface area contributed by atoms with Crippen molar-refractivity contribution >= 4 is 17.3 Å². The number of nitrogens with zero attached hydrogens (tertiary/aromatic N) is 2. The number of ether oxygens (including phenoxy) is 2. The fraction of sp³-hybridized carbons (Fsp3) is 0.286. The van der Waals surface area contributed by atoms with Crippen LogP contribution in [0.2, 0.25) is 0 Å². The van der Waals surface area contributed by atoms with Crippen molar-refractivity contribution in [3.8, 4) is 11.5 Å². The maximum Gasteiger partial charge on any atom is 0.145 e. The van der Waals surface area contributed by atoms with E-state index in [1.54, 1.807) is 6.07 Å². The Morgan fingerprint density at radius 3 is 2.52 bits per heavy atom. The van der Waals surface area contributed by atoms with Crippen LogP contribution in [0, 0.1) is 0 Å². The normalized spacial score (nSPS) is 10.0. The Bertz CT molecular complexity index is 591. The topological polar surface area (TPSA) is 94.3 Å². The molecule has 4 N–H and O–H groups in total. The van der Waals surface area contributed by atoms with Gasteiger partial charge in [0, 0.05) is 12.1 Å². The molecule has 2 rings (SSSR count). The molecule has 2 aromatic rings. The molecule has 21 heavy (non-hydrogen) atoms. The molecule has 0 aliphatic carbocycles. The van der Waals surface area contributed by atoms with E-state index < -0.39 is 0 Å². The number of nitrogens with one attached hydrogen (secondary N) is 2. The summed E-state index contributed by atoms with van der Waals surface area (Å²) < 4.78 is 11.1. The van der Waals surface area contributed by atoms with Crippen molar-refractivity contribution < 1.29 is 9.47 Å². The minimum atomic E-state index is 0.520. The first kappa shape index (κ1) is 14.9. The van der Waals surface area contributed by atoms with Crippen molar-refractivity contribution in [2.75, 3.05) is 24.0 Å². The maximum atomic E-state index is 5.60. The molecule has 0 spiro atoms. The number of hydrogen-bond acceptors (Lipinski definition) is 7. The molecule has 7 nitrogen and oxygen atoms in total. The smallest absolute Gasteiger partial charge is 0.145 e. The van der Waals surface area contributed by atoms with Gasteiger partial charge < -0.3 is 20.2 Å². The van der Waals surface area contributed by atoms with Gasteiger partial charge in [-0.2, -0.15) is 0 Å². The average molecular weight is 289 g/mol. The molecule has 0 unspecified atom stereocenters. The highest BCUT2D eigenvalue weighted by molar-refractivity contribution is 5.67. The first-order chi connectivity index (χ1) is 10.3. The van der Waals surface area contributed by atoms with Gasteiger partial charge in [-0.05, 0) is 26.0 Å². The molecule has 0 fully saturated rings. The fourth-order valence-corrected chi connectivity index (χ4v) is 1.79. The molecule has 0 aliphatic rings. The maximum absolute atomic E-state index is 5.60. The molecule has 1 aromatic heterocycles. The number of rotatable bonds is 7. The van der Waals surface area contributed by atoms with E-state index in [0.717, 1.165) is 17.2 Å². The second-order valence-corrected chi connectivity index (χ2v) is 4.08. The second-order valence-electron chi connectivity index (χ2n) is 4.08. The highest BCUT2D eigenvalue weighted by Crippen LogP contribution is 2.31. The van der Waals surface area contributed by atoms with E-state index in [-0.39, 0.29) is 0 Å². The van der Waals surface area contributed by atoms with Crippen molar-refractivity contribution in [3.05, 3.63) is 30.6 Å². The monoisotopic (exact) mass is 289 g/mol. The van der Waals surface area contributed by atoms with Crippen LogP contribution in [0.5, 0.6) is 11.5 Å². The van der Waals surface area contributed by atoms with Crippen molar-refractivity contribution in [1.82, 2.24) is 9.97 Å². The lowest BCUT2D eigenvalue weighted by molar-refractivity contribution is 0.332. The van der Waals surface area contributed by atoms with E-state index in [2.05, 4.69) is 20.7 Å². The molecule has 7 heteroatoms. The molecule has 0 bridgehead atoms. The van der Waals surface area contributed by atoms with E-state index >= 15 is 0 Å². The Kier molecular flexibility index (Phi) is 5.16. The van der Waals surface area contributed by atoms with Gasteiger partial charge in [0.15, 0.2) is 0 Å². The van der Waals surface area contributed by atoms with Crippen LogP contribution in [0.4, 0.5) is 17.3 Å². The van der Waals surface area contributed by atoms with Crippen molar-refractivity contribution in [1.29, 1.82) is 0 Å². The van der Waals surface area contributed by atoms with Crippen LogP contribution in [0.3, 0.4) is 0 Å². The summed E-state index contributed by atoms with van der Waals surface area (Å²) in [6, 6.07) is 7.29. The van der Waals surface area contributed by atoms with E-state index in [1.807, 2.05) is 32.0 Å². The zero-order valence-electron chi connectivity index (χ0n) is 12.1. The largest absolute Gasteiger partial charge is 0.494 e. The van der Waals surface area contributed by atoms with Crippen LogP contribution in [-0.4, -0.2) is 23.2 Å². The Morgan fingerprint density at radius 2 is 1.81 bits per heavy atom. The summed E-state index contributed by atoms with van der Waals surface area (Å²) in [6.45, 7) is 5.04. The Morgan fingerprint density at radius 1 is 1.05 bits per heavy atom. The lowest BCUT2D eigenvalue weighted by Crippen LogP contribution is -2.09. The summed E-state index contributed by atoms with van der Waals surface area (Å²) in [4.78, 5) is 8.11. The van der Waals surface area contributed by atoms with Crippen LogP contribution in [-0.2, 0) is 0 Å². The van der Waals surface area contributed by atoms with Crippen LogP contribution in [0.1, 0.15) is 13.8 Å². The van der Waals surface area contributed by atoms with Gasteiger partial charge in [0.1, 0.15) is 29.5 Å². The predicted molar refractivity (Wildman–Crippen MR) is 81.9 cm³/mol. The standard InChI is InChI=1S/C14H19N5O2/c1-3-20-10-5-6-12(21-4-2)11(7-10)18-13-8-14(19-15)17-9-16-13/h5-9H,3-4,15H2,1-2H3,(H2,16,17,18,19). The fourth-order valence-electron chi connectivity index (χ4n) is 1.79. The Hall–Kier alpha value is -2.54. The molecular formula is C14H19N5O2. The number of benzene rings is 1. The Balaban J connectivity index is 2.28. The van der Waals surface area contributed by atoms with Gasteiger partial charge in [0.05, 0.1) is 18.9 Å². The zero-order valence-corrected chi connectivity index (χ0v) is 12.1. The van der Waals surface area contributed by atoms with Crippen LogP contribution in [0.15, 0.2) is 30.6 Å². The van der Waals surface area contributed by atoms with Gasteiger partial charge in [-0.15, -0.1) is 0 Å². The molecule has 0 saturated carbocycles. The van der Waals surface area contributed by atoms with Gasteiger partial charge in [0.2, 0.25) is 0 Å². The molecule has 0 saturated heterocycles. The van der Waals surface area contributed by atoms with Crippen LogP contribution >= 0.6 is 0 Å². The molecule has 0 aliphatic heterocycles. The van der Waals surface area contributed by atoms with Gasteiger partial charge in [-0.25, -0.2) is 15.8 Å². The first-order valence-electron chi connectivity index (χ1n) is 6.72. The highest BCUT2D eigenvalue weighted by Gasteiger charge is 2.07. The summed E-state index contributed by atoms with van der Waals surface area (Å²) in [5.41, 5.74) is 3.25. The lowest BCUT2D eigenvalue weighted by atomic mass is 10.2. The number of nitrogens with two attached hydrogens (primary N) is 1. The van der Waals surface area contributed by atoms with Crippen molar-refractivity contribution in [3.63, 3.8) is 0 Å². The summed E-state index contributed by atoms with van der Waals surface area (Å²) >= 11 is 0. The average Bonchev–Trinajstić information content (AvgIpc) is 2.50. The Labute approximate surface area is 123 Å². The number of hydrazine groups is 1. The number of aromatic nitrogens is 2. The highest BCUT2D eigenvalue weighted by atomic mass is 16.5. The number of anilines is 3. The quantitative estimate of drug-likeness (QED) is 0.532. The third-order valence-corrected chi connectivity index (χ3v) is 2.64.